The van der Waals surface area contributed by atoms with E-state index in [9.17, 15) is 13.6 Å². The maximum atomic E-state index is 13.4. The summed E-state index contributed by atoms with van der Waals surface area (Å²) in [5.41, 5.74) is 5.29. The Bertz CT molecular complexity index is 459. The van der Waals surface area contributed by atoms with Crippen molar-refractivity contribution in [1.82, 2.24) is 4.90 Å². The van der Waals surface area contributed by atoms with Crippen LogP contribution in [0.1, 0.15) is 10.4 Å². The zero-order chi connectivity index (χ0) is 12.2. The van der Waals surface area contributed by atoms with Crippen LogP contribution < -0.4 is 5.73 Å². The minimum absolute atomic E-state index is 0.157. The summed E-state index contributed by atoms with van der Waals surface area (Å²) >= 11 is 0. The molecule has 0 radical (unpaired) electrons. The zero-order valence-corrected chi connectivity index (χ0v) is 9.07. The maximum absolute atomic E-state index is 13.4. The number of benzene rings is 1. The molecule has 1 aromatic carbocycles. The van der Waals surface area contributed by atoms with Crippen molar-refractivity contribution >= 4 is 5.91 Å². The highest BCUT2D eigenvalue weighted by Gasteiger charge is 2.54. The summed E-state index contributed by atoms with van der Waals surface area (Å²) in [6.45, 7) is 1.02. The molecule has 1 amide bonds. The highest BCUT2D eigenvalue weighted by molar-refractivity contribution is 5.95. The van der Waals surface area contributed by atoms with E-state index in [1.165, 1.54) is 11.0 Å². The van der Waals surface area contributed by atoms with Gasteiger partial charge in [0, 0.05) is 19.1 Å². The molecule has 2 atom stereocenters. The van der Waals surface area contributed by atoms with Crippen LogP contribution in [0.3, 0.4) is 0 Å². The van der Waals surface area contributed by atoms with Crippen molar-refractivity contribution in [3.05, 3.63) is 35.4 Å². The van der Waals surface area contributed by atoms with E-state index in [1.54, 1.807) is 0 Å². The van der Waals surface area contributed by atoms with Crippen molar-refractivity contribution in [1.29, 1.82) is 0 Å². The molecular weight excluding hydrogens is 226 g/mol. The van der Waals surface area contributed by atoms with Crippen LogP contribution in [0.15, 0.2) is 18.2 Å². The lowest BCUT2D eigenvalue weighted by molar-refractivity contribution is 0.0763. The molecule has 2 N–H and O–H groups in total. The van der Waals surface area contributed by atoms with Crippen LogP contribution in [0, 0.1) is 23.5 Å². The number of amides is 1. The third-order valence-electron chi connectivity index (χ3n) is 3.72. The number of carbonyl (C=O) groups is 1. The van der Waals surface area contributed by atoms with Gasteiger partial charge in [0.15, 0.2) is 0 Å². The average molecular weight is 238 g/mol. The van der Waals surface area contributed by atoms with Gasteiger partial charge >= 0.3 is 0 Å². The van der Waals surface area contributed by atoms with Gasteiger partial charge in [0.05, 0.1) is 0 Å². The number of piperidine rings is 1. The van der Waals surface area contributed by atoms with Crippen LogP contribution in [0.5, 0.6) is 0 Å². The Morgan fingerprint density at radius 3 is 2.29 bits per heavy atom. The number of rotatable bonds is 1. The third-order valence-corrected chi connectivity index (χ3v) is 3.72. The van der Waals surface area contributed by atoms with E-state index in [0.717, 1.165) is 12.1 Å². The van der Waals surface area contributed by atoms with Crippen molar-refractivity contribution in [3.8, 4) is 0 Å². The first-order valence-electron chi connectivity index (χ1n) is 5.58. The zero-order valence-electron chi connectivity index (χ0n) is 9.07. The van der Waals surface area contributed by atoms with Gasteiger partial charge in [0.2, 0.25) is 0 Å². The summed E-state index contributed by atoms with van der Waals surface area (Å²) in [6, 6.07) is 3.60. The van der Waals surface area contributed by atoms with Crippen LogP contribution in [0.4, 0.5) is 8.78 Å². The average Bonchev–Trinajstić information content (AvgIpc) is 2.76. The van der Waals surface area contributed by atoms with E-state index in [-0.39, 0.29) is 6.04 Å². The number of likely N-dealkylation sites (tertiary alicyclic amines) is 1. The van der Waals surface area contributed by atoms with E-state index in [1.807, 2.05) is 0 Å². The molecule has 2 aliphatic rings. The van der Waals surface area contributed by atoms with Gasteiger partial charge in [-0.15, -0.1) is 0 Å². The molecule has 3 nitrogen and oxygen atoms in total. The summed E-state index contributed by atoms with van der Waals surface area (Å²) < 4.78 is 26.9. The molecule has 1 aliphatic carbocycles. The van der Waals surface area contributed by atoms with E-state index < -0.39 is 23.1 Å². The number of hydrogen-bond donors (Lipinski definition) is 1. The summed E-state index contributed by atoms with van der Waals surface area (Å²) in [7, 11) is 0. The molecule has 0 spiro atoms. The Balaban J connectivity index is 1.83. The largest absolute Gasteiger partial charge is 0.338 e. The summed E-state index contributed by atoms with van der Waals surface area (Å²) in [4.78, 5) is 13.5. The maximum Gasteiger partial charge on any atom is 0.259 e. The minimum Gasteiger partial charge on any atom is -0.338 e. The SMILES string of the molecule is NC1C2CN(C(=O)c3c(F)cccc3F)CC12. The second-order valence-corrected chi connectivity index (χ2v) is 4.71. The molecule has 0 bridgehead atoms. The molecule has 90 valence electrons. The molecule has 0 aromatic heterocycles. The predicted octanol–water partition coefficient (Wildman–Crippen LogP) is 0.994. The molecule has 2 fully saturated rings. The Morgan fingerprint density at radius 1 is 1.24 bits per heavy atom. The molecule has 3 rings (SSSR count). The quantitative estimate of drug-likeness (QED) is 0.793. The Kier molecular flexibility index (Phi) is 2.19. The monoisotopic (exact) mass is 238 g/mol. The molecule has 2 unspecified atom stereocenters. The van der Waals surface area contributed by atoms with E-state index in [2.05, 4.69) is 0 Å². The van der Waals surface area contributed by atoms with Crippen molar-refractivity contribution < 1.29 is 13.6 Å². The summed E-state index contributed by atoms with van der Waals surface area (Å²) in [5, 5.41) is 0. The lowest BCUT2D eigenvalue weighted by atomic mass is 10.1. The molecule has 5 heteroatoms. The van der Waals surface area contributed by atoms with Crippen molar-refractivity contribution in [2.45, 2.75) is 6.04 Å². The molecule has 1 aliphatic heterocycles. The normalized spacial score (nSPS) is 30.3. The summed E-state index contributed by atoms with van der Waals surface area (Å²) in [5.74, 6) is -1.55. The first-order valence-corrected chi connectivity index (χ1v) is 5.58. The Hall–Kier alpha value is -1.49. The second-order valence-electron chi connectivity index (χ2n) is 4.71. The Labute approximate surface area is 97.2 Å². The highest BCUT2D eigenvalue weighted by Crippen LogP contribution is 2.44. The number of halogens is 2. The summed E-state index contributed by atoms with van der Waals surface area (Å²) in [6.07, 6.45) is 0. The van der Waals surface area contributed by atoms with Crippen LogP contribution >= 0.6 is 0 Å². The number of fused-ring (bicyclic) bond motifs is 1. The smallest absolute Gasteiger partial charge is 0.259 e. The van der Waals surface area contributed by atoms with Gasteiger partial charge in [0.25, 0.3) is 5.91 Å². The van der Waals surface area contributed by atoms with Gasteiger partial charge in [-0.3, -0.25) is 4.79 Å². The molecule has 1 saturated carbocycles. The topological polar surface area (TPSA) is 46.3 Å². The number of carbonyl (C=O) groups excluding carboxylic acids is 1. The van der Waals surface area contributed by atoms with Crippen molar-refractivity contribution in [2.24, 2.45) is 17.6 Å². The van der Waals surface area contributed by atoms with Gasteiger partial charge in [-0.05, 0) is 24.0 Å². The molecular formula is C12H12F2N2O. The number of nitrogens with zero attached hydrogens (tertiary/aromatic N) is 1. The van der Waals surface area contributed by atoms with Gasteiger partial charge < -0.3 is 10.6 Å². The van der Waals surface area contributed by atoms with Crippen molar-refractivity contribution in [3.63, 3.8) is 0 Å². The molecule has 1 heterocycles. The van der Waals surface area contributed by atoms with Crippen LogP contribution in [0.25, 0.3) is 0 Å². The van der Waals surface area contributed by atoms with E-state index in [4.69, 9.17) is 5.73 Å². The standard InChI is InChI=1S/C12H12F2N2O/c13-8-2-1-3-9(14)10(8)12(17)16-4-6-7(5-16)11(6)15/h1-3,6-7,11H,4-5,15H2. The first kappa shape index (κ1) is 10.7. The highest BCUT2D eigenvalue weighted by atomic mass is 19.1. The van der Waals surface area contributed by atoms with Crippen LogP contribution in [0.2, 0.25) is 0 Å². The number of hydrogen-bond acceptors (Lipinski definition) is 2. The van der Waals surface area contributed by atoms with Gasteiger partial charge in [0.1, 0.15) is 17.2 Å². The lowest BCUT2D eigenvalue weighted by Gasteiger charge is -2.19. The van der Waals surface area contributed by atoms with Crippen LogP contribution in [-0.4, -0.2) is 29.9 Å². The fourth-order valence-electron chi connectivity index (χ4n) is 2.60. The third kappa shape index (κ3) is 1.53. The first-order chi connectivity index (χ1) is 8.09. The van der Waals surface area contributed by atoms with Gasteiger partial charge in [-0.1, -0.05) is 6.07 Å². The predicted molar refractivity (Wildman–Crippen MR) is 57.2 cm³/mol. The Morgan fingerprint density at radius 2 is 1.76 bits per heavy atom. The van der Waals surface area contributed by atoms with Crippen molar-refractivity contribution in [2.75, 3.05) is 13.1 Å². The minimum atomic E-state index is -0.806. The fraction of sp³-hybridized carbons (Fsp3) is 0.417. The molecule has 1 aromatic rings. The molecule has 17 heavy (non-hydrogen) atoms. The van der Waals surface area contributed by atoms with Crippen LogP contribution in [-0.2, 0) is 0 Å². The lowest BCUT2D eigenvalue weighted by Crippen LogP contribution is -2.34. The van der Waals surface area contributed by atoms with E-state index in [0.29, 0.717) is 24.9 Å². The number of nitrogens with two attached hydrogens (primary N) is 1. The molecule has 1 saturated heterocycles. The van der Waals surface area contributed by atoms with Gasteiger partial charge in [-0.2, -0.15) is 0 Å². The fourth-order valence-corrected chi connectivity index (χ4v) is 2.60. The second kappa shape index (κ2) is 3.50. The van der Waals surface area contributed by atoms with Gasteiger partial charge in [-0.25, -0.2) is 8.78 Å². The van der Waals surface area contributed by atoms with E-state index >= 15 is 0 Å².